The Hall–Kier alpha value is 0.0997. The summed E-state index contributed by atoms with van der Waals surface area (Å²) in [5.41, 5.74) is 0. The molecule has 6 aliphatic heterocycles. The maximum Gasteiger partial charge on any atom is 0.360 e. The van der Waals surface area contributed by atoms with E-state index in [2.05, 4.69) is 18.9 Å². The molecule has 0 spiro atoms. The van der Waals surface area contributed by atoms with Crippen molar-refractivity contribution >= 4 is 27.9 Å². The van der Waals surface area contributed by atoms with Crippen LogP contribution in [0.15, 0.2) is 0 Å². The molecule has 6 heterocycles. The van der Waals surface area contributed by atoms with Gasteiger partial charge in [0.1, 0.15) is 0 Å². The normalized spacial score (nSPS) is 80.0. The second-order valence-electron chi connectivity index (χ2n) is 6.71. The highest BCUT2D eigenvalue weighted by Gasteiger charge is 2.67. The molecule has 6 aliphatic rings. The Morgan fingerprint density at radius 1 is 0.500 bits per heavy atom. The fraction of sp³-hybridized carbons (Fsp3) is 1.00. The van der Waals surface area contributed by atoms with Crippen LogP contribution >= 0.6 is 0 Å². The van der Waals surface area contributed by atoms with Crippen molar-refractivity contribution in [2.45, 2.75) is 0 Å². The second-order valence-corrected chi connectivity index (χ2v) is 6.71. The molecule has 0 radical (unpaired) electrons. The van der Waals surface area contributed by atoms with E-state index in [1.165, 1.54) is 0 Å². The molecule has 8 heteroatoms. The van der Waals surface area contributed by atoms with Crippen molar-refractivity contribution in [3.63, 3.8) is 0 Å². The summed E-state index contributed by atoms with van der Waals surface area (Å²) >= 11 is 0. The molecule has 0 atom stereocenters. The van der Waals surface area contributed by atoms with Gasteiger partial charge < -0.3 is 18.9 Å². The maximum atomic E-state index is 2.19. The third-order valence-corrected chi connectivity index (χ3v) is 7.24. The van der Waals surface area contributed by atoms with Crippen LogP contribution in [-0.2, 0) is 0 Å². The first-order valence-corrected chi connectivity index (χ1v) is 6.24. The molecule has 0 saturated carbocycles. The molecule has 0 aromatic heterocycles. The summed E-state index contributed by atoms with van der Waals surface area (Å²) < 4.78 is 8.76. The zero-order chi connectivity index (χ0) is 7.45. The third-order valence-electron chi connectivity index (χ3n) is 7.24. The van der Waals surface area contributed by atoms with Crippen molar-refractivity contribution in [2.24, 2.45) is 0 Å². The second kappa shape index (κ2) is 1.43. The molecule has 6 saturated heterocycles. The van der Waals surface area contributed by atoms with Crippen molar-refractivity contribution in [2.75, 3.05) is 25.8 Å². The molecule has 8 bridgehead atoms. The lowest BCUT2D eigenvalue weighted by atomic mass is 9.21. The van der Waals surface area contributed by atoms with E-state index < -0.39 is 0 Å². The fourth-order valence-corrected chi connectivity index (χ4v) is 7.05. The first-order chi connectivity index (χ1) is 5.93. The van der Waals surface area contributed by atoms with E-state index in [9.17, 15) is 0 Å². The molecule has 0 unspecified atom stereocenters. The Bertz CT molecular complexity index is 192. The van der Waals surface area contributed by atoms with E-state index in [-0.39, 0.29) is 0 Å². The molecule has 4 N–H and O–H groups in total. The van der Waals surface area contributed by atoms with Gasteiger partial charge in [-0.3, -0.25) is 0 Å². The van der Waals surface area contributed by atoms with Gasteiger partial charge in [-0.2, -0.15) is 0 Å². The van der Waals surface area contributed by atoms with Crippen molar-refractivity contribution in [1.29, 1.82) is 0 Å². The number of nitrogens with one attached hydrogen (secondary N) is 4. The Balaban J connectivity index is 1.74. The third kappa shape index (κ3) is 0.361. The molecule has 6 fully saturated rings. The lowest BCUT2D eigenvalue weighted by Gasteiger charge is -2.89. The molecule has 0 aromatic rings. The average molecular weight is 163 g/mol. The molecular weight excluding hydrogens is 147 g/mol. The molecule has 6 rings (SSSR count). The Kier molecular flexibility index (Phi) is 0.687. The average Bonchev–Trinajstić information content (AvgIpc) is 1.98. The molecular formula is C4H16B4N4. The number of quaternary nitrogens is 4. The molecule has 4 nitrogen and oxygen atoms in total. The van der Waals surface area contributed by atoms with Crippen molar-refractivity contribution < 1.29 is 18.9 Å². The summed E-state index contributed by atoms with van der Waals surface area (Å²) in [5.74, 6) is 0. The zero-order valence-corrected chi connectivity index (χ0v) is 7.66. The summed E-state index contributed by atoms with van der Waals surface area (Å²) in [5, 5.41) is 0. The van der Waals surface area contributed by atoms with E-state index in [1.807, 2.05) is 0 Å². The van der Waals surface area contributed by atoms with Gasteiger partial charge in [-0.25, -0.2) is 0 Å². The van der Waals surface area contributed by atoms with E-state index in [0.29, 0.717) is 27.9 Å². The summed E-state index contributed by atoms with van der Waals surface area (Å²) in [4.78, 5) is 0. The van der Waals surface area contributed by atoms with E-state index in [4.69, 9.17) is 0 Å². The van der Waals surface area contributed by atoms with Gasteiger partial charge in [0.05, 0.1) is 0 Å². The predicted octanol–water partition coefficient (Wildman–Crippen LogP) is -9.37. The maximum absolute atomic E-state index is 2.19. The minimum absolute atomic E-state index is 0.299. The Labute approximate surface area is 73.3 Å². The van der Waals surface area contributed by atoms with Gasteiger partial charge in [0.2, 0.25) is 0 Å². The quantitative estimate of drug-likeness (QED) is 0.254. The number of hydrogen-bond acceptors (Lipinski definition) is 0. The topological polar surface area (TPSA) is 17.8 Å². The van der Waals surface area contributed by atoms with Crippen LogP contribution in [0.25, 0.3) is 0 Å². The summed E-state index contributed by atoms with van der Waals surface area (Å²) in [6.07, 6.45) is 6.71. The van der Waals surface area contributed by atoms with E-state index >= 15 is 0 Å². The highest BCUT2D eigenvalue weighted by Crippen LogP contribution is 1.91. The Morgan fingerprint density at radius 2 is 0.750 bits per heavy atom. The summed E-state index contributed by atoms with van der Waals surface area (Å²) in [7, 11) is 0. The van der Waals surface area contributed by atoms with Crippen LogP contribution in [0, 0.1) is 0 Å². The lowest BCUT2D eigenvalue weighted by Crippen LogP contribution is -3.84. The molecule has 0 aliphatic carbocycles. The summed E-state index contributed by atoms with van der Waals surface area (Å²) in [6, 6.07) is 0. The highest BCUT2D eigenvalue weighted by atomic mass is 15.5. The molecule has 12 heavy (non-hydrogen) atoms. The van der Waals surface area contributed by atoms with Gasteiger partial charge in [0.25, 0.3) is 0 Å². The van der Waals surface area contributed by atoms with Crippen LogP contribution in [0.5, 0.6) is 0 Å². The van der Waals surface area contributed by atoms with Crippen LogP contribution in [0.1, 0.15) is 0 Å². The van der Waals surface area contributed by atoms with Gasteiger partial charge in [-0.15, -0.1) is 0 Å². The zero-order valence-electron chi connectivity index (χ0n) is 7.66. The minimum Gasteiger partial charge on any atom is -0.644 e. The van der Waals surface area contributed by atoms with Crippen LogP contribution in [0.3, 0.4) is 0 Å². The lowest BCUT2D eigenvalue weighted by molar-refractivity contribution is -1.05. The minimum atomic E-state index is 0.299. The first kappa shape index (κ1) is 5.75. The van der Waals surface area contributed by atoms with Gasteiger partial charge >= 0.3 is 27.9 Å². The number of hydrogen-bond donors (Lipinski definition) is 4. The van der Waals surface area contributed by atoms with Gasteiger partial charge in [-0.05, 0) is 25.8 Å². The van der Waals surface area contributed by atoms with Crippen LogP contribution in [0.4, 0.5) is 0 Å². The smallest absolute Gasteiger partial charge is 0.360 e. The molecule has 0 amide bonds. The number of rotatable bonds is 0. The first-order valence-electron chi connectivity index (χ1n) is 6.24. The molecule has 64 valence electrons. The van der Waals surface area contributed by atoms with Gasteiger partial charge in [0.15, 0.2) is 0 Å². The van der Waals surface area contributed by atoms with Gasteiger partial charge in [-0.1, -0.05) is 0 Å². The van der Waals surface area contributed by atoms with Crippen molar-refractivity contribution in [3.05, 3.63) is 0 Å². The monoisotopic (exact) mass is 164 g/mol. The van der Waals surface area contributed by atoms with Crippen LogP contribution < -0.4 is 18.9 Å². The van der Waals surface area contributed by atoms with Crippen LogP contribution in [0.2, 0.25) is 0 Å². The van der Waals surface area contributed by atoms with Gasteiger partial charge in [0, 0.05) is 0 Å². The van der Waals surface area contributed by atoms with Crippen molar-refractivity contribution in [1.82, 2.24) is 0 Å². The van der Waals surface area contributed by atoms with Crippen LogP contribution in [-0.4, -0.2) is 53.7 Å². The fourth-order valence-electron chi connectivity index (χ4n) is 7.05. The van der Waals surface area contributed by atoms with E-state index in [0.717, 1.165) is 0 Å². The van der Waals surface area contributed by atoms with Crippen molar-refractivity contribution in [3.8, 4) is 0 Å². The highest BCUT2D eigenvalue weighted by molar-refractivity contribution is 6.78. The SMILES string of the molecule is C1[BH-]2[NH+]3C[BH-]4[NH+]1[BH-]1C[NH+]2[BH-]3C[NH+]41. The van der Waals surface area contributed by atoms with E-state index in [1.54, 1.807) is 25.8 Å². The largest absolute Gasteiger partial charge is 0.644 e. The molecule has 0 aromatic carbocycles. The summed E-state index contributed by atoms with van der Waals surface area (Å²) in [6.45, 7) is 1.19. The standard InChI is InChI=1S/C4H16B4N4/c1-5-10-2-6-9(1)7-3-11(5)8(10)4-12(6)7/h5-12H,1-4H2. The predicted molar refractivity (Wildman–Crippen MR) is 51.9 cm³/mol. The Morgan fingerprint density at radius 3 is 1.00 bits per heavy atom.